The molecule has 1 heterocycles. The number of halogens is 3. The van der Waals surface area contributed by atoms with Crippen molar-refractivity contribution in [3.63, 3.8) is 0 Å². The highest BCUT2D eigenvalue weighted by Crippen LogP contribution is 2.29. The molecule has 1 amide bonds. The number of carbonyl (C=O) groups is 1. The molecule has 0 spiro atoms. The highest BCUT2D eigenvalue weighted by atomic mass is 19.4. The minimum Gasteiger partial charge on any atom is -0.369 e. The fraction of sp³-hybridized carbons (Fsp3) is 0.269. The van der Waals surface area contributed by atoms with Gasteiger partial charge in [0.1, 0.15) is 0 Å². The summed E-state index contributed by atoms with van der Waals surface area (Å²) in [6, 6.07) is 22.8. The smallest absolute Gasteiger partial charge is 0.369 e. The first kappa shape index (κ1) is 22.9. The third-order valence-electron chi connectivity index (χ3n) is 5.80. The van der Waals surface area contributed by atoms with Gasteiger partial charge in [-0.15, -0.1) is 0 Å². The summed E-state index contributed by atoms with van der Waals surface area (Å²) >= 11 is 0. The van der Waals surface area contributed by atoms with Crippen molar-refractivity contribution in [2.24, 2.45) is 0 Å². The molecule has 1 N–H and O–H groups in total. The number of piperazine rings is 1. The lowest BCUT2D eigenvalue weighted by molar-refractivity contribution is -0.137. The van der Waals surface area contributed by atoms with Gasteiger partial charge in [0.2, 0.25) is 0 Å². The maximum Gasteiger partial charge on any atom is 0.416 e. The number of rotatable bonds is 6. The molecular formula is C26H26F3N3O. The van der Waals surface area contributed by atoms with Crippen molar-refractivity contribution in [1.82, 2.24) is 10.2 Å². The lowest BCUT2D eigenvalue weighted by Crippen LogP contribution is -2.45. The van der Waals surface area contributed by atoms with Gasteiger partial charge < -0.3 is 10.2 Å². The quantitative estimate of drug-likeness (QED) is 0.573. The average Bonchev–Trinajstić information content (AvgIpc) is 2.83. The summed E-state index contributed by atoms with van der Waals surface area (Å²) in [4.78, 5) is 17.3. The first-order valence-electron chi connectivity index (χ1n) is 10.9. The van der Waals surface area contributed by atoms with Gasteiger partial charge in [0.05, 0.1) is 5.56 Å². The van der Waals surface area contributed by atoms with E-state index in [4.69, 9.17) is 0 Å². The SMILES string of the molecule is O=C(NCc1cccc(C(F)(F)F)c1)c1cccc(CN2CCN(c3ccccc3)CC2)c1. The van der Waals surface area contributed by atoms with Gasteiger partial charge in [-0.25, -0.2) is 0 Å². The molecule has 7 heteroatoms. The van der Waals surface area contributed by atoms with Crippen LogP contribution in [0.5, 0.6) is 0 Å². The Kier molecular flexibility index (Phi) is 6.99. The van der Waals surface area contributed by atoms with E-state index >= 15 is 0 Å². The van der Waals surface area contributed by atoms with E-state index in [1.165, 1.54) is 11.8 Å². The van der Waals surface area contributed by atoms with Crippen molar-refractivity contribution in [2.75, 3.05) is 31.1 Å². The standard InChI is InChI=1S/C26H26F3N3O/c27-26(28,29)23-9-5-6-20(17-23)18-30-25(33)22-8-4-7-21(16-22)19-31-12-14-32(15-13-31)24-10-2-1-3-11-24/h1-11,16-17H,12-15,18-19H2,(H,30,33). The third kappa shape index (κ3) is 6.14. The molecule has 0 aromatic heterocycles. The van der Waals surface area contributed by atoms with Crippen LogP contribution < -0.4 is 10.2 Å². The van der Waals surface area contributed by atoms with Crippen LogP contribution in [0.1, 0.15) is 27.0 Å². The maximum atomic E-state index is 12.9. The zero-order valence-electron chi connectivity index (χ0n) is 18.2. The lowest BCUT2D eigenvalue weighted by Gasteiger charge is -2.36. The summed E-state index contributed by atoms with van der Waals surface area (Å²) < 4.78 is 38.6. The number of benzene rings is 3. The highest BCUT2D eigenvalue weighted by molar-refractivity contribution is 5.94. The highest BCUT2D eigenvalue weighted by Gasteiger charge is 2.30. The van der Waals surface area contributed by atoms with Gasteiger partial charge in [-0.2, -0.15) is 13.2 Å². The predicted octanol–water partition coefficient (Wildman–Crippen LogP) is 4.96. The Hall–Kier alpha value is -3.32. The van der Waals surface area contributed by atoms with E-state index < -0.39 is 11.7 Å². The normalized spacial score (nSPS) is 14.8. The molecule has 3 aromatic carbocycles. The van der Waals surface area contributed by atoms with E-state index in [2.05, 4.69) is 27.2 Å². The molecule has 0 aliphatic carbocycles. The first-order chi connectivity index (χ1) is 15.9. The van der Waals surface area contributed by atoms with Crippen molar-refractivity contribution in [2.45, 2.75) is 19.3 Å². The average molecular weight is 454 g/mol. The van der Waals surface area contributed by atoms with Crippen LogP contribution in [0.15, 0.2) is 78.9 Å². The van der Waals surface area contributed by atoms with Crippen molar-refractivity contribution in [3.05, 3.63) is 101 Å². The Labute approximate surface area is 191 Å². The number of nitrogens with one attached hydrogen (secondary N) is 1. The van der Waals surface area contributed by atoms with Gasteiger partial charge in [0.25, 0.3) is 5.91 Å². The van der Waals surface area contributed by atoms with Gasteiger partial charge >= 0.3 is 6.18 Å². The van der Waals surface area contributed by atoms with Crippen molar-refractivity contribution < 1.29 is 18.0 Å². The molecule has 0 atom stereocenters. The van der Waals surface area contributed by atoms with E-state index in [0.29, 0.717) is 11.1 Å². The lowest BCUT2D eigenvalue weighted by atomic mass is 10.1. The molecular weight excluding hydrogens is 427 g/mol. The molecule has 3 aromatic rings. The Balaban J connectivity index is 1.31. The Morgan fingerprint density at radius 3 is 2.24 bits per heavy atom. The number of hydrogen-bond acceptors (Lipinski definition) is 3. The fourth-order valence-electron chi connectivity index (χ4n) is 4.01. The minimum absolute atomic E-state index is 0.0361. The predicted molar refractivity (Wildman–Crippen MR) is 123 cm³/mol. The number of amides is 1. The van der Waals surface area contributed by atoms with Crippen molar-refractivity contribution in [1.29, 1.82) is 0 Å². The van der Waals surface area contributed by atoms with Crippen LogP contribution in [0.25, 0.3) is 0 Å². The van der Waals surface area contributed by atoms with E-state index in [1.54, 1.807) is 12.1 Å². The van der Waals surface area contributed by atoms with E-state index in [1.807, 2.05) is 36.4 Å². The number of anilines is 1. The molecule has 33 heavy (non-hydrogen) atoms. The summed E-state index contributed by atoms with van der Waals surface area (Å²) in [5.41, 5.74) is 2.46. The number of para-hydroxylation sites is 1. The zero-order chi connectivity index (χ0) is 23.3. The van der Waals surface area contributed by atoms with Gasteiger partial charge in [0, 0.05) is 50.5 Å². The van der Waals surface area contributed by atoms with E-state index in [0.717, 1.165) is 50.4 Å². The maximum absolute atomic E-state index is 12.9. The van der Waals surface area contributed by atoms with Gasteiger partial charge in [0.15, 0.2) is 0 Å². The minimum atomic E-state index is -4.40. The number of hydrogen-bond donors (Lipinski definition) is 1. The van der Waals surface area contributed by atoms with Crippen LogP contribution in [-0.2, 0) is 19.3 Å². The Morgan fingerprint density at radius 1 is 0.818 bits per heavy atom. The van der Waals surface area contributed by atoms with Gasteiger partial charge in [-0.3, -0.25) is 9.69 Å². The molecule has 1 aliphatic heterocycles. The number of carbonyl (C=O) groups excluding carboxylic acids is 1. The molecule has 1 saturated heterocycles. The van der Waals surface area contributed by atoms with Crippen LogP contribution in [0.2, 0.25) is 0 Å². The fourth-order valence-corrected chi connectivity index (χ4v) is 4.01. The molecule has 172 valence electrons. The zero-order valence-corrected chi connectivity index (χ0v) is 18.2. The van der Waals surface area contributed by atoms with Crippen LogP contribution in [0, 0.1) is 0 Å². The van der Waals surface area contributed by atoms with E-state index in [9.17, 15) is 18.0 Å². The molecule has 1 aliphatic rings. The van der Waals surface area contributed by atoms with Crippen LogP contribution in [0.3, 0.4) is 0 Å². The van der Waals surface area contributed by atoms with Crippen LogP contribution >= 0.6 is 0 Å². The monoisotopic (exact) mass is 453 g/mol. The summed E-state index contributed by atoms with van der Waals surface area (Å²) in [6.45, 7) is 4.54. The van der Waals surface area contributed by atoms with Crippen molar-refractivity contribution in [3.8, 4) is 0 Å². The second kappa shape index (κ2) is 10.1. The number of alkyl halides is 3. The largest absolute Gasteiger partial charge is 0.416 e. The number of nitrogens with zero attached hydrogens (tertiary/aromatic N) is 2. The van der Waals surface area contributed by atoms with Gasteiger partial charge in [-0.05, 0) is 47.5 Å². The van der Waals surface area contributed by atoms with Gasteiger partial charge in [-0.1, -0.05) is 42.5 Å². The molecule has 1 fully saturated rings. The molecule has 4 rings (SSSR count). The summed E-state index contributed by atoms with van der Waals surface area (Å²) in [5, 5.41) is 2.72. The molecule has 4 nitrogen and oxygen atoms in total. The third-order valence-corrected chi connectivity index (χ3v) is 5.80. The molecule has 0 saturated carbocycles. The summed E-state index contributed by atoms with van der Waals surface area (Å²) in [7, 11) is 0. The second-order valence-electron chi connectivity index (χ2n) is 8.18. The second-order valence-corrected chi connectivity index (χ2v) is 8.18. The summed E-state index contributed by atoms with van der Waals surface area (Å²) in [6.07, 6.45) is -4.40. The van der Waals surface area contributed by atoms with Crippen molar-refractivity contribution >= 4 is 11.6 Å². The Morgan fingerprint density at radius 2 is 1.52 bits per heavy atom. The first-order valence-corrected chi connectivity index (χ1v) is 10.9. The molecule has 0 unspecified atom stereocenters. The molecule has 0 bridgehead atoms. The molecule has 0 radical (unpaired) electrons. The Bertz CT molecular complexity index is 1080. The van der Waals surface area contributed by atoms with Crippen LogP contribution in [-0.4, -0.2) is 37.0 Å². The summed E-state index contributed by atoms with van der Waals surface area (Å²) in [5.74, 6) is -0.303. The van der Waals surface area contributed by atoms with Crippen LogP contribution in [0.4, 0.5) is 18.9 Å². The van der Waals surface area contributed by atoms with E-state index in [-0.39, 0.29) is 12.5 Å². The topological polar surface area (TPSA) is 35.6 Å².